The average molecular weight is 508 g/mol. The third-order valence-electron chi connectivity index (χ3n) is 5.66. The van der Waals surface area contributed by atoms with Crippen LogP contribution in [-0.4, -0.2) is 63.6 Å². The zero-order chi connectivity index (χ0) is 26.2. The molecule has 1 aromatic rings. The van der Waals surface area contributed by atoms with E-state index in [1.54, 1.807) is 55.6 Å². The van der Waals surface area contributed by atoms with E-state index in [0.29, 0.717) is 17.7 Å². The first-order chi connectivity index (χ1) is 16.5. The van der Waals surface area contributed by atoms with Gasteiger partial charge in [-0.2, -0.15) is 11.8 Å². The number of amides is 3. The van der Waals surface area contributed by atoms with E-state index in [-0.39, 0.29) is 29.6 Å². The van der Waals surface area contributed by atoms with Gasteiger partial charge in [0.15, 0.2) is 0 Å². The van der Waals surface area contributed by atoms with Gasteiger partial charge < -0.3 is 25.4 Å². The Morgan fingerprint density at radius 3 is 2.37 bits per heavy atom. The number of thioether (sulfide) groups is 1. The Bertz CT molecular complexity index is 869. The summed E-state index contributed by atoms with van der Waals surface area (Å²) in [6.45, 7) is 9.26. The molecule has 0 aromatic heterocycles. The van der Waals surface area contributed by atoms with E-state index in [1.165, 1.54) is 6.07 Å². The predicted molar refractivity (Wildman–Crippen MR) is 139 cm³/mol. The van der Waals surface area contributed by atoms with Crippen LogP contribution < -0.4 is 10.6 Å². The molecular formula is C26H41N3O5S. The molecule has 0 radical (unpaired) electrons. The largest absolute Gasteiger partial charge is 0.508 e. The second-order valence-electron chi connectivity index (χ2n) is 10.1. The molecule has 35 heavy (non-hydrogen) atoms. The van der Waals surface area contributed by atoms with E-state index in [4.69, 9.17) is 4.74 Å². The number of carbonyl (C=O) groups is 3. The van der Waals surface area contributed by atoms with Gasteiger partial charge in [-0.15, -0.1) is 0 Å². The van der Waals surface area contributed by atoms with Crippen molar-refractivity contribution < 1.29 is 24.2 Å². The van der Waals surface area contributed by atoms with Gasteiger partial charge in [0.05, 0.1) is 0 Å². The highest BCUT2D eigenvalue weighted by Gasteiger charge is 2.44. The molecule has 3 amide bonds. The van der Waals surface area contributed by atoms with Crippen LogP contribution in [0.1, 0.15) is 78.3 Å². The molecule has 3 atom stereocenters. The molecule has 0 saturated heterocycles. The van der Waals surface area contributed by atoms with Gasteiger partial charge in [-0.05, 0) is 71.5 Å². The number of phenolic OH excluding ortho intramolecular Hbond substituents is 1. The summed E-state index contributed by atoms with van der Waals surface area (Å²) in [5.74, 6) is -0.0892. The number of benzene rings is 1. The highest BCUT2D eigenvalue weighted by Crippen LogP contribution is 2.38. The van der Waals surface area contributed by atoms with Crippen molar-refractivity contribution >= 4 is 29.7 Å². The Morgan fingerprint density at radius 2 is 1.83 bits per heavy atom. The first kappa shape index (κ1) is 28.8. The zero-order valence-corrected chi connectivity index (χ0v) is 22.6. The third kappa shape index (κ3) is 8.94. The monoisotopic (exact) mass is 507 g/mol. The van der Waals surface area contributed by atoms with E-state index in [2.05, 4.69) is 10.6 Å². The van der Waals surface area contributed by atoms with Crippen molar-refractivity contribution in [1.82, 2.24) is 15.5 Å². The van der Waals surface area contributed by atoms with E-state index in [1.807, 2.05) is 20.1 Å². The molecule has 0 bridgehead atoms. The molecular weight excluding hydrogens is 466 g/mol. The van der Waals surface area contributed by atoms with Crippen molar-refractivity contribution in [1.29, 1.82) is 0 Å². The minimum absolute atomic E-state index is 0.0463. The number of rotatable bonds is 12. The van der Waals surface area contributed by atoms with Crippen LogP contribution in [0.15, 0.2) is 24.3 Å². The summed E-state index contributed by atoms with van der Waals surface area (Å²) >= 11 is 1.57. The summed E-state index contributed by atoms with van der Waals surface area (Å²) < 4.78 is 5.40. The van der Waals surface area contributed by atoms with Gasteiger partial charge in [-0.1, -0.05) is 31.5 Å². The maximum Gasteiger partial charge on any atom is 0.408 e. The van der Waals surface area contributed by atoms with Crippen LogP contribution in [0.2, 0.25) is 0 Å². The Kier molecular flexibility index (Phi) is 10.7. The maximum atomic E-state index is 14.0. The number of phenols is 1. The Hall–Kier alpha value is -2.42. The number of ether oxygens (including phenoxy) is 1. The SMILES string of the molecule is CCCC(C)NC(=O)C(c1ccccc1O)N(C(=O)C(CCSC)NC(=O)OC(C)(C)C)C1CC1. The van der Waals surface area contributed by atoms with Crippen molar-refractivity contribution in [2.45, 2.75) is 96.5 Å². The van der Waals surface area contributed by atoms with Crippen LogP contribution in [0.3, 0.4) is 0 Å². The van der Waals surface area contributed by atoms with E-state index in [9.17, 15) is 19.5 Å². The Labute approximate surface area is 213 Å². The number of aromatic hydroxyl groups is 1. The lowest BCUT2D eigenvalue weighted by Gasteiger charge is -2.35. The van der Waals surface area contributed by atoms with Crippen molar-refractivity contribution in [2.75, 3.05) is 12.0 Å². The summed E-state index contributed by atoms with van der Waals surface area (Å²) in [6, 6.07) is 4.53. The van der Waals surface area contributed by atoms with E-state index >= 15 is 0 Å². The van der Waals surface area contributed by atoms with E-state index in [0.717, 1.165) is 25.7 Å². The number of nitrogens with zero attached hydrogens (tertiary/aromatic N) is 1. The van der Waals surface area contributed by atoms with Gasteiger partial charge in [-0.25, -0.2) is 4.79 Å². The molecule has 3 N–H and O–H groups in total. The number of nitrogens with one attached hydrogen (secondary N) is 2. The Balaban J connectivity index is 2.42. The third-order valence-corrected chi connectivity index (χ3v) is 6.31. The summed E-state index contributed by atoms with van der Waals surface area (Å²) in [5, 5.41) is 16.4. The standard InChI is InChI=1S/C26H41N3O5S/c1-7-10-17(2)27-23(31)22(19-11-8-9-12-21(19)30)29(18-13-14-18)24(32)20(15-16-35-6)28-25(33)34-26(3,4)5/h8-9,11-12,17-18,20,22,30H,7,10,13-16H2,1-6H3,(H,27,31)(H,28,33). The lowest BCUT2D eigenvalue weighted by atomic mass is 10.0. The van der Waals surface area contributed by atoms with Crippen LogP contribution in [0.25, 0.3) is 0 Å². The second kappa shape index (κ2) is 13.0. The highest BCUT2D eigenvalue weighted by atomic mass is 32.2. The fraction of sp³-hybridized carbons (Fsp3) is 0.654. The normalized spacial score (nSPS) is 16.1. The van der Waals surface area contributed by atoms with Gasteiger partial charge in [0.2, 0.25) is 11.8 Å². The molecule has 1 aromatic carbocycles. The molecule has 1 saturated carbocycles. The smallest absolute Gasteiger partial charge is 0.408 e. The highest BCUT2D eigenvalue weighted by molar-refractivity contribution is 7.98. The molecule has 1 aliphatic rings. The van der Waals surface area contributed by atoms with Crippen molar-refractivity contribution in [2.24, 2.45) is 0 Å². The zero-order valence-electron chi connectivity index (χ0n) is 21.8. The van der Waals surface area contributed by atoms with Crippen LogP contribution in [0, 0.1) is 0 Å². The predicted octanol–water partition coefficient (Wildman–Crippen LogP) is 4.38. The van der Waals surface area contributed by atoms with Crippen LogP contribution in [-0.2, 0) is 14.3 Å². The molecule has 1 fully saturated rings. The molecule has 0 aliphatic heterocycles. The quantitative estimate of drug-likeness (QED) is 0.388. The molecule has 9 heteroatoms. The maximum absolute atomic E-state index is 14.0. The van der Waals surface area contributed by atoms with Crippen molar-refractivity contribution in [3.63, 3.8) is 0 Å². The second-order valence-corrected chi connectivity index (χ2v) is 11.1. The summed E-state index contributed by atoms with van der Waals surface area (Å²) in [6.07, 6.45) is 4.88. The minimum atomic E-state index is -1.01. The van der Waals surface area contributed by atoms with Crippen molar-refractivity contribution in [3.05, 3.63) is 29.8 Å². The van der Waals surface area contributed by atoms with Crippen LogP contribution in [0.5, 0.6) is 5.75 Å². The van der Waals surface area contributed by atoms with Gasteiger partial charge in [0.25, 0.3) is 0 Å². The number of hydrogen-bond donors (Lipinski definition) is 3. The lowest BCUT2D eigenvalue weighted by molar-refractivity contribution is -0.143. The minimum Gasteiger partial charge on any atom is -0.508 e. The molecule has 8 nitrogen and oxygen atoms in total. The van der Waals surface area contributed by atoms with Gasteiger partial charge in [-0.3, -0.25) is 9.59 Å². The first-order valence-electron chi connectivity index (χ1n) is 12.4. The number of hydrogen-bond acceptors (Lipinski definition) is 6. The lowest BCUT2D eigenvalue weighted by Crippen LogP contribution is -2.54. The van der Waals surface area contributed by atoms with Gasteiger partial charge in [0, 0.05) is 17.6 Å². The summed E-state index contributed by atoms with van der Waals surface area (Å²) in [4.78, 5) is 41.7. The number of alkyl carbamates (subject to hydrolysis) is 1. The summed E-state index contributed by atoms with van der Waals surface area (Å²) in [7, 11) is 0. The Morgan fingerprint density at radius 1 is 1.17 bits per heavy atom. The fourth-order valence-corrected chi connectivity index (χ4v) is 4.43. The molecule has 0 spiro atoms. The van der Waals surface area contributed by atoms with Crippen LogP contribution >= 0.6 is 11.8 Å². The topological polar surface area (TPSA) is 108 Å². The van der Waals surface area contributed by atoms with E-state index < -0.39 is 23.8 Å². The van der Waals surface area contributed by atoms with Gasteiger partial charge in [0.1, 0.15) is 23.4 Å². The fourth-order valence-electron chi connectivity index (χ4n) is 3.96. The molecule has 196 valence electrons. The summed E-state index contributed by atoms with van der Waals surface area (Å²) in [5.41, 5.74) is -0.337. The molecule has 2 rings (SSSR count). The molecule has 3 unspecified atom stereocenters. The van der Waals surface area contributed by atoms with Crippen LogP contribution in [0.4, 0.5) is 4.79 Å². The molecule has 1 aliphatic carbocycles. The molecule has 0 heterocycles. The van der Waals surface area contributed by atoms with Gasteiger partial charge >= 0.3 is 6.09 Å². The average Bonchev–Trinajstić information content (AvgIpc) is 3.59. The number of carbonyl (C=O) groups excluding carboxylic acids is 3. The van der Waals surface area contributed by atoms with Crippen molar-refractivity contribution in [3.8, 4) is 5.75 Å². The number of para-hydroxylation sites is 1. The first-order valence-corrected chi connectivity index (χ1v) is 13.8.